The lowest BCUT2D eigenvalue weighted by Gasteiger charge is -2.19. The molecule has 2 aromatic rings. The minimum Gasteiger partial charge on any atom is -0.375 e. The summed E-state index contributed by atoms with van der Waals surface area (Å²) in [5.41, 5.74) is 1.81. The second-order valence-electron chi connectivity index (χ2n) is 6.19. The van der Waals surface area contributed by atoms with E-state index in [0.717, 1.165) is 19.4 Å². The molecule has 0 aromatic heterocycles. The van der Waals surface area contributed by atoms with E-state index in [2.05, 4.69) is 34.7 Å². The number of carbonyl (C=O) groups is 2. The van der Waals surface area contributed by atoms with Crippen LogP contribution in [0.15, 0.2) is 60.7 Å². The Morgan fingerprint density at radius 3 is 2.19 bits per heavy atom. The maximum absolute atomic E-state index is 11.9. The Labute approximate surface area is 155 Å². The number of nitrogens with one attached hydrogen (secondary N) is 2. The molecule has 2 rings (SSSR count). The van der Waals surface area contributed by atoms with Crippen molar-refractivity contribution >= 4 is 17.5 Å². The van der Waals surface area contributed by atoms with Crippen LogP contribution in [0, 0.1) is 0 Å². The first-order valence-electron chi connectivity index (χ1n) is 9.03. The van der Waals surface area contributed by atoms with Gasteiger partial charge in [0.25, 0.3) is 5.91 Å². The Kier molecular flexibility index (Phi) is 8.19. The van der Waals surface area contributed by atoms with Crippen LogP contribution >= 0.6 is 0 Å². The summed E-state index contributed by atoms with van der Waals surface area (Å²) >= 11 is 0. The molecule has 0 aliphatic heterocycles. The Hall–Kier alpha value is -2.82. The highest BCUT2D eigenvalue weighted by Gasteiger charge is 2.06. The zero-order valence-electron chi connectivity index (χ0n) is 15.3. The highest BCUT2D eigenvalue weighted by Crippen LogP contribution is 2.11. The van der Waals surface area contributed by atoms with Gasteiger partial charge in [-0.05, 0) is 37.1 Å². The van der Waals surface area contributed by atoms with E-state index >= 15 is 0 Å². The van der Waals surface area contributed by atoms with Gasteiger partial charge in [-0.25, -0.2) is 0 Å². The fourth-order valence-electron chi connectivity index (χ4n) is 2.58. The molecular weight excluding hydrogens is 326 g/mol. The van der Waals surface area contributed by atoms with E-state index in [-0.39, 0.29) is 11.8 Å². The summed E-state index contributed by atoms with van der Waals surface area (Å²) in [6, 6.07) is 19.2. The summed E-state index contributed by atoms with van der Waals surface area (Å²) in [6.07, 6.45) is 2.23. The molecule has 0 saturated carbocycles. The molecule has 0 aliphatic carbocycles. The molecule has 0 spiro atoms. The van der Waals surface area contributed by atoms with Crippen LogP contribution in [0.1, 0.15) is 29.6 Å². The van der Waals surface area contributed by atoms with E-state index < -0.39 is 0 Å². The highest BCUT2D eigenvalue weighted by molar-refractivity contribution is 5.94. The first-order chi connectivity index (χ1) is 12.7. The third-order valence-electron chi connectivity index (χ3n) is 4.11. The minimum atomic E-state index is -0.151. The van der Waals surface area contributed by atoms with E-state index in [9.17, 15) is 9.59 Å². The van der Waals surface area contributed by atoms with Gasteiger partial charge in [-0.2, -0.15) is 0 Å². The largest absolute Gasteiger partial charge is 0.375 e. The van der Waals surface area contributed by atoms with Gasteiger partial charge in [-0.1, -0.05) is 36.4 Å². The summed E-state index contributed by atoms with van der Waals surface area (Å²) in [5.74, 6) is -0.183. The first kappa shape index (κ1) is 19.5. The fraction of sp³-hybridized carbons (Fsp3) is 0.333. The molecule has 0 radical (unpaired) electrons. The monoisotopic (exact) mass is 353 g/mol. The Bertz CT molecular complexity index is 674. The van der Waals surface area contributed by atoms with Crippen molar-refractivity contribution < 1.29 is 9.59 Å². The lowest BCUT2D eigenvalue weighted by Crippen LogP contribution is -2.31. The molecule has 0 heterocycles. The highest BCUT2D eigenvalue weighted by atomic mass is 16.2. The standard InChI is InChI=1S/C21H27N3O2/c1-24(19-12-6-3-7-13-19)17-9-8-15-22-20(25)14-16-23-21(26)18-10-4-2-5-11-18/h2-7,10-13H,8-9,14-17H2,1H3,(H,22,25)(H,23,26). The van der Waals surface area contributed by atoms with Crippen LogP contribution in [-0.4, -0.2) is 38.5 Å². The van der Waals surface area contributed by atoms with Gasteiger partial charge in [0, 0.05) is 44.4 Å². The zero-order chi connectivity index (χ0) is 18.6. The fourth-order valence-corrected chi connectivity index (χ4v) is 2.58. The van der Waals surface area contributed by atoms with E-state index in [4.69, 9.17) is 0 Å². The number of anilines is 1. The van der Waals surface area contributed by atoms with Crippen LogP contribution in [0.25, 0.3) is 0 Å². The van der Waals surface area contributed by atoms with E-state index in [1.54, 1.807) is 12.1 Å². The molecule has 0 atom stereocenters. The lowest BCUT2D eigenvalue weighted by molar-refractivity contribution is -0.120. The van der Waals surface area contributed by atoms with Gasteiger partial charge >= 0.3 is 0 Å². The minimum absolute atomic E-state index is 0.0326. The van der Waals surface area contributed by atoms with E-state index in [1.165, 1.54) is 5.69 Å². The summed E-state index contributed by atoms with van der Waals surface area (Å²) < 4.78 is 0. The van der Waals surface area contributed by atoms with Gasteiger partial charge in [0.15, 0.2) is 0 Å². The summed E-state index contributed by atoms with van der Waals surface area (Å²) in [6.45, 7) is 1.96. The molecule has 2 aromatic carbocycles. The summed E-state index contributed by atoms with van der Waals surface area (Å²) in [5, 5.41) is 5.66. The van der Waals surface area contributed by atoms with Crippen molar-refractivity contribution in [2.24, 2.45) is 0 Å². The van der Waals surface area contributed by atoms with E-state index in [0.29, 0.717) is 25.1 Å². The number of hydrogen-bond donors (Lipinski definition) is 2. The van der Waals surface area contributed by atoms with Gasteiger partial charge in [0.1, 0.15) is 0 Å². The van der Waals surface area contributed by atoms with Crippen LogP contribution in [0.3, 0.4) is 0 Å². The molecule has 0 unspecified atom stereocenters. The van der Waals surface area contributed by atoms with Crippen molar-refractivity contribution in [1.29, 1.82) is 0 Å². The quantitative estimate of drug-likeness (QED) is 0.646. The molecular formula is C21H27N3O2. The average Bonchev–Trinajstić information content (AvgIpc) is 2.68. The van der Waals surface area contributed by atoms with Crippen molar-refractivity contribution in [3.05, 3.63) is 66.2 Å². The van der Waals surface area contributed by atoms with Crippen LogP contribution in [0.4, 0.5) is 5.69 Å². The normalized spacial score (nSPS) is 10.2. The van der Waals surface area contributed by atoms with E-state index in [1.807, 2.05) is 36.4 Å². The van der Waals surface area contributed by atoms with Crippen molar-refractivity contribution in [3.8, 4) is 0 Å². The molecule has 0 bridgehead atoms. The molecule has 138 valence electrons. The summed E-state index contributed by atoms with van der Waals surface area (Å²) in [4.78, 5) is 25.9. The van der Waals surface area contributed by atoms with Gasteiger partial charge in [-0.3, -0.25) is 9.59 Å². The molecule has 26 heavy (non-hydrogen) atoms. The molecule has 2 amide bonds. The predicted octanol–water partition coefficient (Wildman–Crippen LogP) is 2.84. The Morgan fingerprint density at radius 2 is 1.50 bits per heavy atom. The van der Waals surface area contributed by atoms with Gasteiger partial charge in [-0.15, -0.1) is 0 Å². The molecule has 5 nitrogen and oxygen atoms in total. The number of nitrogens with zero attached hydrogens (tertiary/aromatic N) is 1. The average molecular weight is 353 g/mol. The van der Waals surface area contributed by atoms with Gasteiger partial charge < -0.3 is 15.5 Å². The SMILES string of the molecule is CN(CCCCNC(=O)CCNC(=O)c1ccccc1)c1ccccc1. The van der Waals surface area contributed by atoms with Gasteiger partial charge in [0.05, 0.1) is 0 Å². The topological polar surface area (TPSA) is 61.4 Å². The molecule has 0 saturated heterocycles. The number of hydrogen-bond acceptors (Lipinski definition) is 3. The number of amides is 2. The number of unbranched alkanes of at least 4 members (excludes halogenated alkanes) is 1. The third-order valence-corrected chi connectivity index (χ3v) is 4.11. The predicted molar refractivity (Wildman–Crippen MR) is 105 cm³/mol. The second kappa shape index (κ2) is 10.9. The van der Waals surface area contributed by atoms with Gasteiger partial charge in [0.2, 0.25) is 5.91 Å². The van der Waals surface area contributed by atoms with Crippen LogP contribution in [0.2, 0.25) is 0 Å². The molecule has 2 N–H and O–H groups in total. The number of benzene rings is 2. The van der Waals surface area contributed by atoms with Crippen LogP contribution in [-0.2, 0) is 4.79 Å². The number of carbonyl (C=O) groups excluding carboxylic acids is 2. The maximum Gasteiger partial charge on any atom is 0.251 e. The van der Waals surface area contributed by atoms with Crippen LogP contribution < -0.4 is 15.5 Å². The smallest absolute Gasteiger partial charge is 0.251 e. The number of para-hydroxylation sites is 1. The van der Waals surface area contributed by atoms with Crippen LogP contribution in [0.5, 0.6) is 0 Å². The van der Waals surface area contributed by atoms with Crippen molar-refractivity contribution in [3.63, 3.8) is 0 Å². The third kappa shape index (κ3) is 6.97. The lowest BCUT2D eigenvalue weighted by atomic mass is 10.2. The first-order valence-corrected chi connectivity index (χ1v) is 9.03. The molecule has 0 aliphatic rings. The number of rotatable bonds is 10. The summed E-state index contributed by atoms with van der Waals surface area (Å²) in [7, 11) is 2.07. The van der Waals surface area contributed by atoms with Crippen molar-refractivity contribution in [2.75, 3.05) is 31.6 Å². The zero-order valence-corrected chi connectivity index (χ0v) is 15.3. The maximum atomic E-state index is 11.9. The van der Waals surface area contributed by atoms with Crippen molar-refractivity contribution in [1.82, 2.24) is 10.6 Å². The Morgan fingerprint density at radius 1 is 0.846 bits per heavy atom. The van der Waals surface area contributed by atoms with Crippen molar-refractivity contribution in [2.45, 2.75) is 19.3 Å². The molecule has 0 fully saturated rings. The molecule has 5 heteroatoms. The second-order valence-corrected chi connectivity index (χ2v) is 6.19. The Balaban J connectivity index is 1.52.